The molecular formula is C14H14N6O3S. The minimum Gasteiger partial charge on any atom is -0.481 e. The van der Waals surface area contributed by atoms with E-state index in [9.17, 15) is 9.59 Å². The van der Waals surface area contributed by atoms with Gasteiger partial charge in [-0.1, -0.05) is 0 Å². The van der Waals surface area contributed by atoms with Crippen LogP contribution in [0.5, 0.6) is 0 Å². The highest BCUT2D eigenvalue weighted by Gasteiger charge is 2.14. The minimum atomic E-state index is -0.915. The molecule has 0 aliphatic carbocycles. The summed E-state index contributed by atoms with van der Waals surface area (Å²) in [5.74, 6) is -1.31. The lowest BCUT2D eigenvalue weighted by Gasteiger charge is -1.99. The smallest absolute Gasteiger partial charge is 0.305 e. The highest BCUT2D eigenvalue weighted by Crippen LogP contribution is 2.24. The standard InChI is InChI=1S/C14H14N6O3S/c1-19-11(2-5-15-19)10-8-24-14(16-10)17-13(23)9-3-6-20(18-9)7-4-12(21)22/h2-3,5-6,8H,4,7H2,1H3,(H,21,22)(H,16,17,23). The monoisotopic (exact) mass is 346 g/mol. The van der Waals surface area contributed by atoms with Crippen LogP contribution < -0.4 is 5.32 Å². The van der Waals surface area contributed by atoms with Gasteiger partial charge in [0.15, 0.2) is 10.8 Å². The Balaban J connectivity index is 1.66. The lowest BCUT2D eigenvalue weighted by atomic mass is 10.3. The molecule has 0 radical (unpaired) electrons. The minimum absolute atomic E-state index is 0.0523. The van der Waals surface area contributed by atoms with Crippen molar-refractivity contribution in [3.8, 4) is 11.4 Å². The number of carboxylic acids is 1. The van der Waals surface area contributed by atoms with Gasteiger partial charge in [-0.15, -0.1) is 11.3 Å². The number of aromatic nitrogens is 5. The van der Waals surface area contributed by atoms with Crippen LogP contribution in [0.4, 0.5) is 5.13 Å². The fourth-order valence-electron chi connectivity index (χ4n) is 2.05. The van der Waals surface area contributed by atoms with Crippen molar-refractivity contribution in [2.75, 3.05) is 5.32 Å². The number of carboxylic acid groups (broad SMARTS) is 1. The maximum atomic E-state index is 12.2. The molecule has 0 saturated carbocycles. The Morgan fingerprint density at radius 2 is 2.21 bits per heavy atom. The molecule has 0 aliphatic heterocycles. The van der Waals surface area contributed by atoms with Crippen molar-refractivity contribution in [2.24, 2.45) is 7.05 Å². The number of rotatable bonds is 6. The van der Waals surface area contributed by atoms with Crippen molar-refractivity contribution in [3.05, 3.63) is 35.6 Å². The normalized spacial score (nSPS) is 10.7. The second-order valence-electron chi connectivity index (χ2n) is 4.94. The van der Waals surface area contributed by atoms with Crippen LogP contribution in [0.15, 0.2) is 29.9 Å². The largest absolute Gasteiger partial charge is 0.481 e. The van der Waals surface area contributed by atoms with Crippen molar-refractivity contribution < 1.29 is 14.7 Å². The van der Waals surface area contributed by atoms with Crippen molar-refractivity contribution in [2.45, 2.75) is 13.0 Å². The van der Waals surface area contributed by atoms with Crippen molar-refractivity contribution in [1.82, 2.24) is 24.5 Å². The predicted octanol–water partition coefficient (Wildman–Crippen LogP) is 1.47. The molecule has 24 heavy (non-hydrogen) atoms. The molecule has 0 fully saturated rings. The van der Waals surface area contributed by atoms with Gasteiger partial charge in [0.05, 0.1) is 18.7 Å². The molecule has 0 spiro atoms. The van der Waals surface area contributed by atoms with E-state index in [-0.39, 0.29) is 18.7 Å². The number of nitrogens with zero attached hydrogens (tertiary/aromatic N) is 5. The summed E-state index contributed by atoms with van der Waals surface area (Å²) in [5, 5.41) is 21.8. The Kier molecular flexibility index (Phi) is 4.38. The van der Waals surface area contributed by atoms with E-state index in [1.807, 2.05) is 18.5 Å². The maximum Gasteiger partial charge on any atom is 0.305 e. The molecule has 3 heterocycles. The van der Waals surface area contributed by atoms with Crippen LogP contribution in [-0.4, -0.2) is 41.5 Å². The van der Waals surface area contributed by atoms with Gasteiger partial charge in [0, 0.05) is 24.8 Å². The summed E-state index contributed by atoms with van der Waals surface area (Å²) in [6.07, 6.45) is 3.20. The van der Waals surface area contributed by atoms with Crippen LogP contribution in [0.1, 0.15) is 16.9 Å². The first-order valence-electron chi connectivity index (χ1n) is 7.03. The van der Waals surface area contributed by atoms with Gasteiger partial charge in [0.1, 0.15) is 5.69 Å². The third-order valence-electron chi connectivity index (χ3n) is 3.24. The van der Waals surface area contributed by atoms with E-state index in [0.717, 1.165) is 11.4 Å². The number of carbonyl (C=O) groups excluding carboxylic acids is 1. The molecule has 0 aromatic carbocycles. The second kappa shape index (κ2) is 6.62. The topological polar surface area (TPSA) is 115 Å². The number of aryl methyl sites for hydroxylation is 2. The van der Waals surface area contributed by atoms with Gasteiger partial charge in [0.25, 0.3) is 5.91 Å². The first-order chi connectivity index (χ1) is 11.5. The van der Waals surface area contributed by atoms with E-state index < -0.39 is 11.9 Å². The molecule has 9 nitrogen and oxygen atoms in total. The quantitative estimate of drug-likeness (QED) is 0.698. The zero-order valence-corrected chi connectivity index (χ0v) is 13.5. The van der Waals surface area contributed by atoms with E-state index in [1.165, 1.54) is 22.1 Å². The SMILES string of the molecule is Cn1nccc1-c1csc(NC(=O)c2ccn(CCC(=O)O)n2)n1. The number of amides is 1. The fraction of sp³-hybridized carbons (Fsp3) is 0.214. The fourth-order valence-corrected chi connectivity index (χ4v) is 2.75. The number of nitrogens with one attached hydrogen (secondary N) is 1. The lowest BCUT2D eigenvalue weighted by molar-refractivity contribution is -0.137. The van der Waals surface area contributed by atoms with Crippen molar-refractivity contribution in [3.63, 3.8) is 0 Å². The summed E-state index contributed by atoms with van der Waals surface area (Å²) in [6.45, 7) is 0.213. The number of carbonyl (C=O) groups is 2. The number of aliphatic carboxylic acids is 1. The first kappa shape index (κ1) is 15.9. The second-order valence-corrected chi connectivity index (χ2v) is 5.80. The van der Waals surface area contributed by atoms with Crippen LogP contribution in [0, 0.1) is 0 Å². The zero-order chi connectivity index (χ0) is 17.1. The van der Waals surface area contributed by atoms with Crippen molar-refractivity contribution >= 4 is 28.3 Å². The first-order valence-corrected chi connectivity index (χ1v) is 7.91. The Morgan fingerprint density at radius 3 is 2.92 bits per heavy atom. The Bertz CT molecular complexity index is 881. The molecule has 0 saturated heterocycles. The summed E-state index contributed by atoms with van der Waals surface area (Å²) >= 11 is 1.30. The molecular weight excluding hydrogens is 332 g/mol. The maximum absolute atomic E-state index is 12.2. The Hall–Kier alpha value is -3.01. The Labute approximate surface area is 140 Å². The van der Waals surface area contributed by atoms with Gasteiger partial charge >= 0.3 is 5.97 Å². The van der Waals surface area contributed by atoms with Crippen LogP contribution in [0.2, 0.25) is 0 Å². The number of anilines is 1. The Morgan fingerprint density at radius 1 is 1.38 bits per heavy atom. The number of hydrogen-bond donors (Lipinski definition) is 2. The average molecular weight is 346 g/mol. The summed E-state index contributed by atoms with van der Waals surface area (Å²) in [7, 11) is 1.82. The summed E-state index contributed by atoms with van der Waals surface area (Å²) in [4.78, 5) is 27.1. The lowest BCUT2D eigenvalue weighted by Crippen LogP contribution is -2.13. The van der Waals surface area contributed by atoms with Crippen molar-refractivity contribution in [1.29, 1.82) is 0 Å². The van der Waals surface area contributed by atoms with E-state index in [2.05, 4.69) is 20.5 Å². The van der Waals surface area contributed by atoms with E-state index in [4.69, 9.17) is 5.11 Å². The zero-order valence-electron chi connectivity index (χ0n) is 12.7. The third-order valence-corrected chi connectivity index (χ3v) is 3.99. The molecule has 10 heteroatoms. The highest BCUT2D eigenvalue weighted by molar-refractivity contribution is 7.14. The summed E-state index contributed by atoms with van der Waals surface area (Å²) < 4.78 is 3.12. The van der Waals surface area contributed by atoms with Gasteiger partial charge in [-0.2, -0.15) is 10.2 Å². The highest BCUT2D eigenvalue weighted by atomic mass is 32.1. The molecule has 2 N–H and O–H groups in total. The van der Waals surface area contributed by atoms with E-state index in [0.29, 0.717) is 5.13 Å². The number of hydrogen-bond acceptors (Lipinski definition) is 6. The summed E-state index contributed by atoms with van der Waals surface area (Å²) in [5.41, 5.74) is 1.78. The molecule has 1 amide bonds. The van der Waals surface area contributed by atoms with Gasteiger partial charge in [0.2, 0.25) is 0 Å². The van der Waals surface area contributed by atoms with Crippen LogP contribution >= 0.6 is 11.3 Å². The average Bonchev–Trinajstić information content (AvgIpc) is 3.25. The molecule has 0 aliphatic rings. The van der Waals surface area contributed by atoms with Crippen LogP contribution in [0.25, 0.3) is 11.4 Å². The molecule has 3 rings (SSSR count). The molecule has 3 aromatic heterocycles. The molecule has 124 valence electrons. The van der Waals surface area contributed by atoms with E-state index in [1.54, 1.807) is 17.1 Å². The summed E-state index contributed by atoms with van der Waals surface area (Å²) in [6, 6.07) is 3.37. The predicted molar refractivity (Wildman–Crippen MR) is 86.7 cm³/mol. The van der Waals surface area contributed by atoms with Crippen LogP contribution in [-0.2, 0) is 18.4 Å². The van der Waals surface area contributed by atoms with Gasteiger partial charge in [-0.25, -0.2) is 4.98 Å². The third kappa shape index (κ3) is 3.49. The van der Waals surface area contributed by atoms with Crippen LogP contribution in [0.3, 0.4) is 0 Å². The van der Waals surface area contributed by atoms with Gasteiger partial charge in [-0.3, -0.25) is 24.3 Å². The molecule has 0 bridgehead atoms. The van der Waals surface area contributed by atoms with Gasteiger partial charge in [-0.05, 0) is 12.1 Å². The molecule has 0 unspecified atom stereocenters. The number of thiazole rings is 1. The van der Waals surface area contributed by atoms with E-state index >= 15 is 0 Å². The van der Waals surface area contributed by atoms with Gasteiger partial charge < -0.3 is 5.11 Å². The molecule has 0 atom stereocenters. The molecule has 3 aromatic rings.